The van der Waals surface area contributed by atoms with E-state index in [9.17, 15) is 14.4 Å². The minimum absolute atomic E-state index is 0.111. The molecule has 27 heavy (non-hydrogen) atoms. The Kier molecular flexibility index (Phi) is 6.72. The molecule has 1 fully saturated rings. The van der Waals surface area contributed by atoms with Crippen LogP contribution >= 0.6 is 11.8 Å². The lowest BCUT2D eigenvalue weighted by Gasteiger charge is -2.14. The summed E-state index contributed by atoms with van der Waals surface area (Å²) in [6.07, 6.45) is 5.38. The Bertz CT molecular complexity index is 721. The molecule has 144 valence electrons. The van der Waals surface area contributed by atoms with Crippen LogP contribution in [-0.4, -0.2) is 41.5 Å². The number of hydrogen-bond donors (Lipinski definition) is 1. The number of carbonyl (C=O) groups excluding carboxylic acids is 3. The van der Waals surface area contributed by atoms with Gasteiger partial charge in [-0.05, 0) is 25.3 Å². The maximum atomic E-state index is 12.4. The molecule has 5 nitrogen and oxygen atoms in total. The SMILES string of the molecule is Cc1cccc(CSCCNC(=O)CCN2C(=O)[C@H]3CC=CC[C@H]3C2=O)c1. The van der Waals surface area contributed by atoms with Gasteiger partial charge in [0.05, 0.1) is 11.8 Å². The molecule has 1 aromatic carbocycles. The van der Waals surface area contributed by atoms with E-state index in [0.29, 0.717) is 19.4 Å². The number of thioether (sulfide) groups is 1. The third kappa shape index (κ3) is 5.01. The molecule has 0 bridgehead atoms. The quantitative estimate of drug-likeness (QED) is 0.424. The molecule has 0 saturated carbocycles. The van der Waals surface area contributed by atoms with Crippen molar-refractivity contribution in [1.29, 1.82) is 0 Å². The number of aryl methyl sites for hydroxylation is 1. The van der Waals surface area contributed by atoms with Crippen LogP contribution in [0.1, 0.15) is 30.4 Å². The van der Waals surface area contributed by atoms with E-state index in [4.69, 9.17) is 0 Å². The lowest BCUT2D eigenvalue weighted by Crippen LogP contribution is -2.36. The number of amides is 3. The summed E-state index contributed by atoms with van der Waals surface area (Å²) in [7, 11) is 0. The number of likely N-dealkylation sites (tertiary alicyclic amines) is 1. The van der Waals surface area contributed by atoms with Gasteiger partial charge in [-0.15, -0.1) is 0 Å². The Labute approximate surface area is 164 Å². The van der Waals surface area contributed by atoms with E-state index in [2.05, 4.69) is 36.5 Å². The molecular weight excluding hydrogens is 360 g/mol. The zero-order valence-electron chi connectivity index (χ0n) is 15.6. The summed E-state index contributed by atoms with van der Waals surface area (Å²) in [5.74, 6) is 0.973. The van der Waals surface area contributed by atoms with Crippen LogP contribution in [-0.2, 0) is 20.1 Å². The molecule has 0 unspecified atom stereocenters. The molecule has 1 aliphatic carbocycles. The average molecular weight is 387 g/mol. The minimum atomic E-state index is -0.219. The van der Waals surface area contributed by atoms with Crippen LogP contribution in [0.15, 0.2) is 36.4 Å². The van der Waals surface area contributed by atoms with Crippen LogP contribution in [0.5, 0.6) is 0 Å². The predicted molar refractivity (Wildman–Crippen MR) is 107 cm³/mol. The number of carbonyl (C=O) groups is 3. The highest BCUT2D eigenvalue weighted by Crippen LogP contribution is 2.34. The van der Waals surface area contributed by atoms with Crippen molar-refractivity contribution in [3.8, 4) is 0 Å². The predicted octanol–water partition coefficient (Wildman–Crippen LogP) is 2.69. The number of nitrogens with one attached hydrogen (secondary N) is 1. The highest BCUT2D eigenvalue weighted by Gasteiger charge is 2.46. The van der Waals surface area contributed by atoms with Crippen LogP contribution in [0, 0.1) is 18.8 Å². The van der Waals surface area contributed by atoms with E-state index in [1.165, 1.54) is 16.0 Å². The molecule has 1 saturated heterocycles. The Morgan fingerprint density at radius 3 is 2.56 bits per heavy atom. The van der Waals surface area contributed by atoms with Crippen LogP contribution in [0.2, 0.25) is 0 Å². The first-order valence-electron chi connectivity index (χ1n) is 9.46. The summed E-state index contributed by atoms with van der Waals surface area (Å²) in [5.41, 5.74) is 2.54. The van der Waals surface area contributed by atoms with E-state index >= 15 is 0 Å². The standard InChI is InChI=1S/C21H26N2O3S/c1-15-5-4-6-16(13-15)14-27-12-10-22-19(24)9-11-23-20(25)17-7-2-3-8-18(17)21(23)26/h2-6,13,17-18H,7-12,14H2,1H3,(H,22,24)/t17-,18+. The van der Waals surface area contributed by atoms with Crippen LogP contribution in [0.4, 0.5) is 0 Å². The van der Waals surface area contributed by atoms with E-state index in [1.54, 1.807) is 11.8 Å². The van der Waals surface area contributed by atoms with Crippen molar-refractivity contribution < 1.29 is 14.4 Å². The van der Waals surface area contributed by atoms with Gasteiger partial charge in [0.1, 0.15) is 0 Å². The van der Waals surface area contributed by atoms with Crippen molar-refractivity contribution in [2.45, 2.75) is 31.9 Å². The number of rotatable bonds is 8. The Hall–Kier alpha value is -2.08. The Morgan fingerprint density at radius 1 is 1.19 bits per heavy atom. The Morgan fingerprint density at radius 2 is 1.89 bits per heavy atom. The van der Waals surface area contributed by atoms with Crippen molar-refractivity contribution >= 4 is 29.5 Å². The minimum Gasteiger partial charge on any atom is -0.355 e. The summed E-state index contributed by atoms with van der Waals surface area (Å²) in [5, 5.41) is 2.88. The van der Waals surface area contributed by atoms with Gasteiger partial charge in [-0.2, -0.15) is 11.8 Å². The maximum Gasteiger partial charge on any atom is 0.233 e. The van der Waals surface area contributed by atoms with E-state index in [1.807, 2.05) is 12.2 Å². The highest BCUT2D eigenvalue weighted by atomic mass is 32.2. The highest BCUT2D eigenvalue weighted by molar-refractivity contribution is 7.98. The van der Waals surface area contributed by atoms with Crippen molar-refractivity contribution in [1.82, 2.24) is 10.2 Å². The van der Waals surface area contributed by atoms with Crippen LogP contribution in [0.3, 0.4) is 0 Å². The largest absolute Gasteiger partial charge is 0.355 e. The van der Waals surface area contributed by atoms with Crippen molar-refractivity contribution in [3.05, 3.63) is 47.5 Å². The molecule has 6 heteroatoms. The fourth-order valence-electron chi connectivity index (χ4n) is 3.65. The number of fused-ring (bicyclic) bond motifs is 1. The van der Waals surface area contributed by atoms with Gasteiger partial charge in [-0.3, -0.25) is 19.3 Å². The van der Waals surface area contributed by atoms with Gasteiger partial charge in [-0.1, -0.05) is 42.0 Å². The molecule has 1 aromatic rings. The second-order valence-electron chi connectivity index (χ2n) is 7.13. The number of hydrogen-bond acceptors (Lipinski definition) is 4. The van der Waals surface area contributed by atoms with Gasteiger partial charge in [0, 0.05) is 31.0 Å². The number of benzene rings is 1. The van der Waals surface area contributed by atoms with Crippen molar-refractivity contribution in [3.63, 3.8) is 0 Å². The van der Waals surface area contributed by atoms with Gasteiger partial charge >= 0.3 is 0 Å². The van der Waals surface area contributed by atoms with Gasteiger partial charge < -0.3 is 5.32 Å². The lowest BCUT2D eigenvalue weighted by atomic mass is 9.85. The van der Waals surface area contributed by atoms with Gasteiger partial charge in [-0.25, -0.2) is 0 Å². The molecule has 0 radical (unpaired) electrons. The van der Waals surface area contributed by atoms with E-state index < -0.39 is 0 Å². The number of nitrogens with zero attached hydrogens (tertiary/aromatic N) is 1. The first kappa shape index (κ1) is 19.7. The molecule has 3 rings (SSSR count). The summed E-state index contributed by atoms with van der Waals surface area (Å²) < 4.78 is 0. The fourth-order valence-corrected chi connectivity index (χ4v) is 4.45. The molecule has 1 N–H and O–H groups in total. The molecule has 2 aliphatic rings. The average Bonchev–Trinajstić information content (AvgIpc) is 2.91. The van der Waals surface area contributed by atoms with E-state index in [0.717, 1.165) is 11.5 Å². The summed E-state index contributed by atoms with van der Waals surface area (Å²) in [6, 6.07) is 8.41. The second-order valence-corrected chi connectivity index (χ2v) is 8.23. The van der Waals surface area contributed by atoms with Crippen LogP contribution in [0.25, 0.3) is 0 Å². The lowest BCUT2D eigenvalue weighted by molar-refractivity contribution is -0.140. The first-order chi connectivity index (χ1) is 13.1. The summed E-state index contributed by atoms with van der Waals surface area (Å²) in [6.45, 7) is 2.86. The third-order valence-electron chi connectivity index (χ3n) is 5.08. The first-order valence-corrected chi connectivity index (χ1v) is 10.6. The second kappa shape index (κ2) is 9.22. The van der Waals surface area contributed by atoms with Crippen molar-refractivity contribution in [2.75, 3.05) is 18.8 Å². The summed E-state index contributed by atoms with van der Waals surface area (Å²) >= 11 is 1.77. The molecular formula is C21H26N2O3S. The molecule has 2 atom stereocenters. The number of imide groups is 1. The van der Waals surface area contributed by atoms with Gasteiger partial charge in [0.2, 0.25) is 17.7 Å². The smallest absolute Gasteiger partial charge is 0.233 e. The molecule has 0 spiro atoms. The zero-order valence-corrected chi connectivity index (χ0v) is 16.5. The maximum absolute atomic E-state index is 12.4. The molecule has 1 aliphatic heterocycles. The molecule has 3 amide bonds. The third-order valence-corrected chi connectivity index (χ3v) is 6.11. The van der Waals surface area contributed by atoms with Crippen molar-refractivity contribution in [2.24, 2.45) is 11.8 Å². The Balaban J connectivity index is 1.33. The topological polar surface area (TPSA) is 66.5 Å². The van der Waals surface area contributed by atoms with Gasteiger partial charge in [0.15, 0.2) is 0 Å². The monoisotopic (exact) mass is 386 g/mol. The fraction of sp³-hybridized carbons (Fsp3) is 0.476. The molecule has 0 aromatic heterocycles. The molecule has 1 heterocycles. The number of allylic oxidation sites excluding steroid dienone is 2. The zero-order chi connectivity index (χ0) is 19.2. The summed E-state index contributed by atoms with van der Waals surface area (Å²) in [4.78, 5) is 38.0. The van der Waals surface area contributed by atoms with Gasteiger partial charge in [0.25, 0.3) is 0 Å². The normalized spacial score (nSPS) is 21.4. The van der Waals surface area contributed by atoms with E-state index in [-0.39, 0.29) is 42.5 Å². The van der Waals surface area contributed by atoms with Crippen LogP contribution < -0.4 is 5.32 Å².